The van der Waals surface area contributed by atoms with Crippen molar-refractivity contribution in [3.8, 4) is 5.75 Å². The zero-order chi connectivity index (χ0) is 14.9. The van der Waals surface area contributed by atoms with E-state index < -0.39 is 11.9 Å². The normalized spacial score (nSPS) is 10.3. The molecule has 0 atom stereocenters. The molecular formula is C13H12N2O4S. The Hall–Kier alpha value is -2.41. The van der Waals surface area contributed by atoms with Gasteiger partial charge >= 0.3 is 5.97 Å². The highest BCUT2D eigenvalue weighted by atomic mass is 32.1. The Morgan fingerprint density at radius 3 is 2.65 bits per heavy atom. The number of hydrogen-bond donors (Lipinski definition) is 2. The monoisotopic (exact) mass is 292 g/mol. The molecule has 2 N–H and O–H groups in total. The molecule has 0 fully saturated rings. The molecule has 6 nitrogen and oxygen atoms in total. The van der Waals surface area contributed by atoms with Crippen LogP contribution in [0.2, 0.25) is 0 Å². The molecule has 0 saturated carbocycles. The number of nitrogens with zero attached hydrogens (tertiary/aromatic N) is 2. The summed E-state index contributed by atoms with van der Waals surface area (Å²) in [6.07, 6.45) is 0. The highest BCUT2D eigenvalue weighted by Crippen LogP contribution is 2.29. The van der Waals surface area contributed by atoms with Crippen molar-refractivity contribution in [1.82, 2.24) is 4.37 Å². The summed E-state index contributed by atoms with van der Waals surface area (Å²) >= 11 is 0.952. The van der Waals surface area contributed by atoms with Gasteiger partial charge in [-0.25, -0.2) is 4.79 Å². The van der Waals surface area contributed by atoms with Gasteiger partial charge in [0.2, 0.25) is 0 Å². The quantitative estimate of drug-likeness (QED) is 0.904. The van der Waals surface area contributed by atoms with Crippen LogP contribution < -0.4 is 4.90 Å². The summed E-state index contributed by atoms with van der Waals surface area (Å²) in [5.74, 6) is -1.56. The van der Waals surface area contributed by atoms with Gasteiger partial charge in [-0.15, -0.1) is 0 Å². The summed E-state index contributed by atoms with van der Waals surface area (Å²) in [5, 5.41) is 18.8. The molecule has 104 valence electrons. The zero-order valence-electron chi connectivity index (χ0n) is 10.8. The number of anilines is 1. The number of aromatic hydroxyl groups is 1. The molecule has 0 spiro atoms. The van der Waals surface area contributed by atoms with Crippen LogP contribution in [0.4, 0.5) is 5.00 Å². The fourth-order valence-corrected chi connectivity index (χ4v) is 2.60. The van der Waals surface area contributed by atoms with Gasteiger partial charge in [0, 0.05) is 12.6 Å². The Bertz CT molecular complexity index is 681. The molecule has 0 saturated heterocycles. The van der Waals surface area contributed by atoms with Crippen molar-refractivity contribution in [3.05, 3.63) is 41.1 Å². The molecule has 1 aromatic heterocycles. The molecule has 2 aromatic rings. The number of carbonyl (C=O) groups is 2. The molecule has 1 aromatic carbocycles. The van der Waals surface area contributed by atoms with Gasteiger partial charge < -0.3 is 15.1 Å². The summed E-state index contributed by atoms with van der Waals surface area (Å²) < 4.78 is 3.97. The number of benzene rings is 1. The van der Waals surface area contributed by atoms with Crippen LogP contribution >= 0.6 is 11.5 Å². The summed E-state index contributed by atoms with van der Waals surface area (Å²) in [4.78, 5) is 24.7. The minimum Gasteiger partial charge on any atom is -0.508 e. The summed E-state index contributed by atoms with van der Waals surface area (Å²) in [7, 11) is 1.48. The van der Waals surface area contributed by atoms with Crippen LogP contribution in [0.15, 0.2) is 24.3 Å². The number of hydrogen-bond acceptors (Lipinski definition) is 5. The second-order valence-electron chi connectivity index (χ2n) is 4.17. The van der Waals surface area contributed by atoms with Gasteiger partial charge in [-0.05, 0) is 36.7 Å². The highest BCUT2D eigenvalue weighted by Gasteiger charge is 2.24. The van der Waals surface area contributed by atoms with Crippen LogP contribution in [-0.4, -0.2) is 33.5 Å². The molecule has 0 aliphatic carbocycles. The number of aromatic nitrogens is 1. The van der Waals surface area contributed by atoms with Gasteiger partial charge in [0.05, 0.1) is 5.69 Å². The lowest BCUT2D eigenvalue weighted by molar-refractivity contribution is 0.0697. The molecule has 0 aliphatic heterocycles. The number of amides is 1. The van der Waals surface area contributed by atoms with Gasteiger partial charge in [0.1, 0.15) is 16.3 Å². The lowest BCUT2D eigenvalue weighted by Crippen LogP contribution is -2.26. The highest BCUT2D eigenvalue weighted by molar-refractivity contribution is 7.11. The lowest BCUT2D eigenvalue weighted by Gasteiger charge is -2.15. The maximum atomic E-state index is 12.3. The van der Waals surface area contributed by atoms with E-state index in [9.17, 15) is 14.7 Å². The van der Waals surface area contributed by atoms with Crippen molar-refractivity contribution < 1.29 is 19.8 Å². The number of rotatable bonds is 3. The van der Waals surface area contributed by atoms with Crippen LogP contribution in [0.1, 0.15) is 26.4 Å². The Morgan fingerprint density at radius 2 is 2.05 bits per heavy atom. The van der Waals surface area contributed by atoms with Crippen molar-refractivity contribution >= 4 is 28.4 Å². The molecule has 1 heterocycles. The third-order valence-electron chi connectivity index (χ3n) is 2.76. The summed E-state index contributed by atoms with van der Waals surface area (Å²) in [6, 6.07) is 5.88. The lowest BCUT2D eigenvalue weighted by atomic mass is 10.2. The first kappa shape index (κ1) is 14.0. The van der Waals surface area contributed by atoms with Gasteiger partial charge in [0.15, 0.2) is 0 Å². The maximum absolute atomic E-state index is 12.3. The molecule has 0 aliphatic rings. The van der Waals surface area contributed by atoms with E-state index in [1.54, 1.807) is 19.1 Å². The van der Waals surface area contributed by atoms with Gasteiger partial charge in [-0.3, -0.25) is 4.79 Å². The number of aromatic carboxylic acids is 1. The fourth-order valence-electron chi connectivity index (χ4n) is 1.76. The standard InChI is InChI=1S/C13H12N2O4S/c1-7-10(13(18)19)12(20-14-7)15(2)11(17)8-4-3-5-9(16)6-8/h3-6,16H,1-2H3,(H,18,19). The molecule has 2 rings (SSSR count). The van der Waals surface area contributed by atoms with Crippen molar-refractivity contribution in [1.29, 1.82) is 0 Å². The minimum absolute atomic E-state index is 0.0194. The van der Waals surface area contributed by atoms with E-state index >= 15 is 0 Å². The summed E-state index contributed by atoms with van der Waals surface area (Å²) in [5.41, 5.74) is 0.661. The van der Waals surface area contributed by atoms with Crippen LogP contribution in [-0.2, 0) is 0 Å². The van der Waals surface area contributed by atoms with E-state index in [1.807, 2.05) is 0 Å². The molecule has 0 radical (unpaired) electrons. The van der Waals surface area contributed by atoms with E-state index in [2.05, 4.69) is 4.37 Å². The van der Waals surface area contributed by atoms with E-state index in [-0.39, 0.29) is 21.9 Å². The number of carboxylic acid groups (broad SMARTS) is 1. The van der Waals surface area contributed by atoms with Gasteiger partial charge in [-0.1, -0.05) is 6.07 Å². The van der Waals surface area contributed by atoms with Crippen LogP contribution in [0.5, 0.6) is 5.75 Å². The second kappa shape index (κ2) is 5.30. The van der Waals surface area contributed by atoms with Crippen LogP contribution in [0.3, 0.4) is 0 Å². The van der Waals surface area contributed by atoms with Crippen LogP contribution in [0, 0.1) is 6.92 Å². The second-order valence-corrected chi connectivity index (χ2v) is 4.92. The fraction of sp³-hybridized carbons (Fsp3) is 0.154. The van der Waals surface area contributed by atoms with Crippen molar-refractivity contribution in [2.75, 3.05) is 11.9 Å². The number of phenolic OH excluding ortho intramolecular Hbond substituents is 1. The molecule has 1 amide bonds. The van der Waals surface area contributed by atoms with Gasteiger partial charge in [0.25, 0.3) is 5.91 Å². The third-order valence-corrected chi connectivity index (χ3v) is 3.78. The van der Waals surface area contributed by atoms with E-state index in [0.29, 0.717) is 5.69 Å². The first-order valence-electron chi connectivity index (χ1n) is 5.68. The van der Waals surface area contributed by atoms with Gasteiger partial charge in [-0.2, -0.15) is 4.37 Å². The Labute approximate surface area is 119 Å². The average Bonchev–Trinajstić information content (AvgIpc) is 2.79. The smallest absolute Gasteiger partial charge is 0.340 e. The van der Waals surface area contributed by atoms with E-state index in [4.69, 9.17) is 5.11 Å². The Kier molecular flexibility index (Phi) is 3.71. The predicted octanol–water partition coefficient (Wildman–Crippen LogP) is 2.13. The number of carbonyl (C=O) groups excluding carboxylic acids is 1. The maximum Gasteiger partial charge on any atom is 0.340 e. The first-order chi connectivity index (χ1) is 9.41. The topological polar surface area (TPSA) is 90.7 Å². The molecule has 0 unspecified atom stereocenters. The average molecular weight is 292 g/mol. The third kappa shape index (κ3) is 2.48. The number of aryl methyl sites for hydroxylation is 1. The zero-order valence-corrected chi connectivity index (χ0v) is 11.6. The summed E-state index contributed by atoms with van der Waals surface area (Å²) in [6.45, 7) is 1.58. The van der Waals surface area contributed by atoms with E-state index in [1.165, 1.54) is 24.1 Å². The molecule has 20 heavy (non-hydrogen) atoms. The van der Waals surface area contributed by atoms with Crippen molar-refractivity contribution in [2.45, 2.75) is 6.92 Å². The van der Waals surface area contributed by atoms with E-state index in [0.717, 1.165) is 11.5 Å². The predicted molar refractivity (Wildman–Crippen MR) is 74.7 cm³/mol. The Balaban J connectivity index is 2.39. The minimum atomic E-state index is -1.12. The van der Waals surface area contributed by atoms with Crippen molar-refractivity contribution in [3.63, 3.8) is 0 Å². The molecule has 7 heteroatoms. The SMILES string of the molecule is Cc1nsc(N(C)C(=O)c2cccc(O)c2)c1C(=O)O. The number of phenols is 1. The first-order valence-corrected chi connectivity index (χ1v) is 6.45. The Morgan fingerprint density at radius 1 is 1.35 bits per heavy atom. The number of carboxylic acids is 1. The molecular weight excluding hydrogens is 280 g/mol. The molecule has 0 bridgehead atoms. The van der Waals surface area contributed by atoms with Crippen molar-refractivity contribution in [2.24, 2.45) is 0 Å². The van der Waals surface area contributed by atoms with Crippen LogP contribution in [0.25, 0.3) is 0 Å². The largest absolute Gasteiger partial charge is 0.508 e.